The highest BCUT2D eigenvalue weighted by molar-refractivity contribution is 5.81. The van der Waals surface area contributed by atoms with Gasteiger partial charge in [0.15, 0.2) is 0 Å². The molecule has 0 saturated heterocycles. The van der Waals surface area contributed by atoms with E-state index in [1.165, 1.54) is 35.9 Å². The number of rotatable bonds is 3. The van der Waals surface area contributed by atoms with Crippen LogP contribution in [0.25, 0.3) is 10.9 Å². The first-order valence-electron chi connectivity index (χ1n) is 6.49. The maximum Gasteiger partial charge on any atom is 0.0482 e. The number of aryl methyl sites for hydroxylation is 1. The van der Waals surface area contributed by atoms with Crippen LogP contribution in [0.5, 0.6) is 0 Å². The second-order valence-corrected chi connectivity index (χ2v) is 5.49. The fourth-order valence-corrected chi connectivity index (χ4v) is 3.00. The Morgan fingerprint density at radius 3 is 2.71 bits per heavy atom. The van der Waals surface area contributed by atoms with E-state index in [2.05, 4.69) is 41.8 Å². The number of para-hydroxylation sites is 1. The van der Waals surface area contributed by atoms with Crippen LogP contribution in [0, 0.1) is 12.3 Å². The molecule has 2 nitrogen and oxygen atoms in total. The molecule has 1 aromatic carbocycles. The minimum Gasteiger partial charge on any atom is -0.344 e. The van der Waals surface area contributed by atoms with Gasteiger partial charge in [-0.05, 0) is 43.8 Å². The summed E-state index contributed by atoms with van der Waals surface area (Å²) in [7, 11) is 0. The third kappa shape index (κ3) is 1.67. The van der Waals surface area contributed by atoms with E-state index in [1.807, 2.05) is 0 Å². The highest BCUT2D eigenvalue weighted by atomic mass is 15.0. The van der Waals surface area contributed by atoms with Gasteiger partial charge < -0.3 is 10.3 Å². The zero-order valence-corrected chi connectivity index (χ0v) is 10.4. The molecule has 0 spiro atoms. The molecule has 1 heterocycles. The summed E-state index contributed by atoms with van der Waals surface area (Å²) < 4.78 is 2.45. The number of benzene rings is 1. The van der Waals surface area contributed by atoms with Gasteiger partial charge in [-0.25, -0.2) is 0 Å². The zero-order chi connectivity index (χ0) is 11.9. The fourth-order valence-electron chi connectivity index (χ4n) is 3.00. The van der Waals surface area contributed by atoms with Gasteiger partial charge in [-0.2, -0.15) is 0 Å². The minimum absolute atomic E-state index is 0.368. The number of nitrogens with two attached hydrogens (primary N) is 1. The van der Waals surface area contributed by atoms with Crippen molar-refractivity contribution in [2.45, 2.75) is 32.7 Å². The topological polar surface area (TPSA) is 30.9 Å². The standard InChI is InChI=1S/C15H20N2/c1-12-9-13-5-2-3-6-14(13)17(12)11-15(10-16)7-4-8-15/h2-3,5-6,9H,4,7-8,10-11,16H2,1H3. The van der Waals surface area contributed by atoms with Crippen molar-refractivity contribution in [1.29, 1.82) is 0 Å². The number of nitrogens with zero attached hydrogens (tertiary/aromatic N) is 1. The van der Waals surface area contributed by atoms with Crippen molar-refractivity contribution in [3.63, 3.8) is 0 Å². The van der Waals surface area contributed by atoms with Crippen molar-refractivity contribution in [2.24, 2.45) is 11.1 Å². The molecule has 90 valence electrons. The SMILES string of the molecule is Cc1cc2ccccc2n1CC1(CN)CCC1. The van der Waals surface area contributed by atoms with Gasteiger partial charge in [0.1, 0.15) is 0 Å². The van der Waals surface area contributed by atoms with E-state index in [0.29, 0.717) is 5.41 Å². The van der Waals surface area contributed by atoms with E-state index in [-0.39, 0.29) is 0 Å². The Labute approximate surface area is 102 Å². The Balaban J connectivity index is 2.02. The Bertz CT molecular complexity index is 529. The molecular weight excluding hydrogens is 208 g/mol. The van der Waals surface area contributed by atoms with Crippen molar-refractivity contribution in [1.82, 2.24) is 4.57 Å². The van der Waals surface area contributed by atoms with Crippen LogP contribution < -0.4 is 5.73 Å². The molecule has 2 heteroatoms. The molecular formula is C15H20N2. The predicted octanol–water partition coefficient (Wildman–Crippen LogP) is 3.08. The first-order chi connectivity index (χ1) is 8.24. The second-order valence-electron chi connectivity index (χ2n) is 5.49. The maximum absolute atomic E-state index is 5.97. The van der Waals surface area contributed by atoms with Gasteiger partial charge in [-0.15, -0.1) is 0 Å². The number of hydrogen-bond donors (Lipinski definition) is 1. The zero-order valence-electron chi connectivity index (χ0n) is 10.4. The summed E-state index contributed by atoms with van der Waals surface area (Å²) in [5.74, 6) is 0. The summed E-state index contributed by atoms with van der Waals surface area (Å²) in [6.45, 7) is 4.10. The van der Waals surface area contributed by atoms with Gasteiger partial charge in [0.2, 0.25) is 0 Å². The van der Waals surface area contributed by atoms with E-state index >= 15 is 0 Å². The van der Waals surface area contributed by atoms with Gasteiger partial charge in [0.05, 0.1) is 0 Å². The molecule has 1 fully saturated rings. The lowest BCUT2D eigenvalue weighted by Crippen LogP contribution is -2.41. The first kappa shape index (κ1) is 10.8. The highest BCUT2D eigenvalue weighted by Crippen LogP contribution is 2.42. The van der Waals surface area contributed by atoms with E-state index in [9.17, 15) is 0 Å². The Kier molecular flexibility index (Phi) is 2.48. The van der Waals surface area contributed by atoms with E-state index in [1.54, 1.807) is 0 Å². The number of fused-ring (bicyclic) bond motifs is 1. The molecule has 0 bridgehead atoms. The van der Waals surface area contributed by atoms with Crippen LogP contribution in [-0.4, -0.2) is 11.1 Å². The lowest BCUT2D eigenvalue weighted by atomic mass is 9.68. The van der Waals surface area contributed by atoms with Gasteiger partial charge in [0, 0.05) is 23.2 Å². The summed E-state index contributed by atoms with van der Waals surface area (Å²) in [6.07, 6.45) is 3.92. The average Bonchev–Trinajstić information content (AvgIpc) is 2.60. The van der Waals surface area contributed by atoms with Crippen molar-refractivity contribution in [3.8, 4) is 0 Å². The normalized spacial score (nSPS) is 18.2. The van der Waals surface area contributed by atoms with Crippen molar-refractivity contribution < 1.29 is 0 Å². The van der Waals surface area contributed by atoms with E-state index in [0.717, 1.165) is 13.1 Å². The lowest BCUT2D eigenvalue weighted by Gasteiger charge is -2.41. The molecule has 2 N–H and O–H groups in total. The molecule has 1 aromatic heterocycles. The van der Waals surface area contributed by atoms with Crippen LogP contribution >= 0.6 is 0 Å². The molecule has 2 aromatic rings. The average molecular weight is 228 g/mol. The maximum atomic E-state index is 5.97. The highest BCUT2D eigenvalue weighted by Gasteiger charge is 2.36. The third-order valence-electron chi connectivity index (χ3n) is 4.36. The van der Waals surface area contributed by atoms with Crippen LogP contribution in [0.4, 0.5) is 0 Å². The van der Waals surface area contributed by atoms with E-state index < -0.39 is 0 Å². The predicted molar refractivity (Wildman–Crippen MR) is 72.0 cm³/mol. The fraction of sp³-hybridized carbons (Fsp3) is 0.467. The lowest BCUT2D eigenvalue weighted by molar-refractivity contribution is 0.118. The third-order valence-corrected chi connectivity index (χ3v) is 4.36. The molecule has 0 radical (unpaired) electrons. The van der Waals surface area contributed by atoms with Crippen LogP contribution in [0.3, 0.4) is 0 Å². The Morgan fingerprint density at radius 2 is 2.06 bits per heavy atom. The van der Waals surface area contributed by atoms with Gasteiger partial charge in [0.25, 0.3) is 0 Å². The molecule has 0 atom stereocenters. The molecule has 0 aliphatic heterocycles. The van der Waals surface area contributed by atoms with Crippen LogP contribution in [0.1, 0.15) is 25.0 Å². The molecule has 1 saturated carbocycles. The number of aromatic nitrogens is 1. The van der Waals surface area contributed by atoms with Crippen molar-refractivity contribution >= 4 is 10.9 Å². The number of hydrogen-bond acceptors (Lipinski definition) is 1. The summed E-state index contributed by atoms with van der Waals surface area (Å²) in [5, 5.41) is 1.34. The van der Waals surface area contributed by atoms with E-state index in [4.69, 9.17) is 5.73 Å². The molecule has 1 aliphatic rings. The van der Waals surface area contributed by atoms with Crippen LogP contribution in [-0.2, 0) is 6.54 Å². The Morgan fingerprint density at radius 1 is 1.29 bits per heavy atom. The molecule has 3 rings (SSSR count). The monoisotopic (exact) mass is 228 g/mol. The quantitative estimate of drug-likeness (QED) is 0.860. The molecule has 17 heavy (non-hydrogen) atoms. The largest absolute Gasteiger partial charge is 0.344 e. The summed E-state index contributed by atoms with van der Waals surface area (Å²) in [6, 6.07) is 10.9. The Hall–Kier alpha value is -1.28. The van der Waals surface area contributed by atoms with Gasteiger partial charge in [-0.1, -0.05) is 24.6 Å². The second kappa shape index (κ2) is 3.88. The molecule has 0 unspecified atom stereocenters. The minimum atomic E-state index is 0.368. The summed E-state index contributed by atoms with van der Waals surface area (Å²) in [4.78, 5) is 0. The molecule has 1 aliphatic carbocycles. The van der Waals surface area contributed by atoms with Crippen LogP contribution in [0.15, 0.2) is 30.3 Å². The van der Waals surface area contributed by atoms with Gasteiger partial charge in [-0.3, -0.25) is 0 Å². The smallest absolute Gasteiger partial charge is 0.0482 e. The molecule has 0 amide bonds. The summed E-state index contributed by atoms with van der Waals surface area (Å²) >= 11 is 0. The summed E-state index contributed by atoms with van der Waals surface area (Å²) in [5.41, 5.74) is 9.04. The van der Waals surface area contributed by atoms with Gasteiger partial charge >= 0.3 is 0 Å². The van der Waals surface area contributed by atoms with Crippen molar-refractivity contribution in [2.75, 3.05) is 6.54 Å². The first-order valence-corrected chi connectivity index (χ1v) is 6.49. The van der Waals surface area contributed by atoms with Crippen molar-refractivity contribution in [3.05, 3.63) is 36.0 Å². The van der Waals surface area contributed by atoms with Crippen LogP contribution in [0.2, 0.25) is 0 Å².